The summed E-state index contributed by atoms with van der Waals surface area (Å²) >= 11 is 0. The van der Waals surface area contributed by atoms with Crippen LogP contribution >= 0.6 is 0 Å². The minimum Gasteiger partial charge on any atom is -0.330 e. The molecule has 0 unspecified atom stereocenters. The van der Waals surface area contributed by atoms with Crippen LogP contribution in [-0.2, 0) is 0 Å². The van der Waals surface area contributed by atoms with E-state index in [0.29, 0.717) is 0 Å². The lowest BCUT2D eigenvalue weighted by Gasteiger charge is -2.27. The third-order valence-electron chi connectivity index (χ3n) is 2.59. The van der Waals surface area contributed by atoms with Gasteiger partial charge in [-0.25, -0.2) is 0 Å². The second-order valence-electron chi connectivity index (χ2n) is 3.26. The molecule has 1 fully saturated rings. The van der Waals surface area contributed by atoms with E-state index < -0.39 is 0 Å². The van der Waals surface area contributed by atoms with Crippen molar-refractivity contribution < 1.29 is 0 Å². The Hall–Kier alpha value is -0.0400. The Kier molecular flexibility index (Phi) is 2.52. The summed E-state index contributed by atoms with van der Waals surface area (Å²) in [7, 11) is 0. The first-order valence-corrected chi connectivity index (χ1v) is 4.04. The largest absolute Gasteiger partial charge is 0.330 e. The average Bonchev–Trinajstić information content (AvgIpc) is 1.89. The molecule has 2 N–H and O–H groups in total. The van der Waals surface area contributed by atoms with E-state index in [0.717, 1.165) is 18.4 Å². The molecule has 2 atom stereocenters. The van der Waals surface area contributed by atoms with Crippen molar-refractivity contribution in [3.63, 3.8) is 0 Å². The molecule has 0 aliphatic heterocycles. The molecule has 0 heterocycles. The van der Waals surface area contributed by atoms with Crippen molar-refractivity contribution in [2.24, 2.45) is 17.6 Å². The van der Waals surface area contributed by atoms with E-state index in [1.807, 2.05) is 0 Å². The second kappa shape index (κ2) is 3.21. The first kappa shape index (κ1) is 7.07. The van der Waals surface area contributed by atoms with E-state index >= 15 is 0 Å². The predicted molar refractivity (Wildman–Crippen MR) is 40.2 cm³/mol. The van der Waals surface area contributed by atoms with Gasteiger partial charge in [0.2, 0.25) is 0 Å². The number of hydrogen-bond acceptors (Lipinski definition) is 1. The lowest BCUT2D eigenvalue weighted by molar-refractivity contribution is 0.263. The molecule has 1 rings (SSSR count). The monoisotopic (exact) mass is 127 g/mol. The number of rotatable bonds is 1. The molecule has 1 nitrogen and oxygen atoms in total. The van der Waals surface area contributed by atoms with Crippen LogP contribution in [0.1, 0.15) is 32.6 Å². The van der Waals surface area contributed by atoms with Gasteiger partial charge in [0.25, 0.3) is 0 Å². The fraction of sp³-hybridized carbons (Fsp3) is 1.00. The van der Waals surface area contributed by atoms with Gasteiger partial charge in [-0.15, -0.1) is 0 Å². The zero-order chi connectivity index (χ0) is 6.69. The van der Waals surface area contributed by atoms with Gasteiger partial charge in [-0.3, -0.25) is 0 Å². The van der Waals surface area contributed by atoms with Crippen molar-refractivity contribution >= 4 is 0 Å². The first-order chi connectivity index (χ1) is 4.34. The lowest BCUT2D eigenvalue weighted by Crippen LogP contribution is -2.24. The van der Waals surface area contributed by atoms with Crippen molar-refractivity contribution in [3.05, 3.63) is 0 Å². The summed E-state index contributed by atoms with van der Waals surface area (Å²) in [5.41, 5.74) is 5.59. The first-order valence-electron chi connectivity index (χ1n) is 4.04. The van der Waals surface area contributed by atoms with Gasteiger partial charge in [-0.05, 0) is 24.8 Å². The maximum Gasteiger partial charge on any atom is -0.00463 e. The van der Waals surface area contributed by atoms with E-state index in [1.165, 1.54) is 25.7 Å². The highest BCUT2D eigenvalue weighted by molar-refractivity contribution is 4.72. The van der Waals surface area contributed by atoms with Crippen LogP contribution < -0.4 is 5.73 Å². The van der Waals surface area contributed by atoms with Crippen LogP contribution in [0.4, 0.5) is 0 Å². The summed E-state index contributed by atoms with van der Waals surface area (Å²) in [6, 6.07) is 0. The summed E-state index contributed by atoms with van der Waals surface area (Å²) < 4.78 is 0. The fourth-order valence-electron chi connectivity index (χ4n) is 1.74. The summed E-state index contributed by atoms with van der Waals surface area (Å²) in [5, 5.41) is 0. The number of hydrogen-bond donors (Lipinski definition) is 1. The second-order valence-corrected chi connectivity index (χ2v) is 3.26. The molecule has 0 amide bonds. The molecule has 1 aliphatic carbocycles. The Morgan fingerprint density at radius 1 is 1.33 bits per heavy atom. The topological polar surface area (TPSA) is 26.0 Å². The normalized spacial score (nSPS) is 36.7. The van der Waals surface area contributed by atoms with Crippen LogP contribution in [0.25, 0.3) is 0 Å². The molecular weight excluding hydrogens is 110 g/mol. The van der Waals surface area contributed by atoms with Crippen molar-refractivity contribution in [3.8, 4) is 0 Å². The third kappa shape index (κ3) is 1.68. The third-order valence-corrected chi connectivity index (χ3v) is 2.59. The zero-order valence-corrected chi connectivity index (χ0v) is 6.27. The Balaban J connectivity index is 2.30. The average molecular weight is 127 g/mol. The highest BCUT2D eigenvalue weighted by Gasteiger charge is 2.18. The van der Waals surface area contributed by atoms with E-state index in [-0.39, 0.29) is 0 Å². The Morgan fingerprint density at radius 2 is 2.00 bits per heavy atom. The van der Waals surface area contributed by atoms with Gasteiger partial charge in [0.05, 0.1) is 0 Å². The Labute approximate surface area is 57.6 Å². The molecule has 0 spiro atoms. The van der Waals surface area contributed by atoms with Crippen LogP contribution in [0.3, 0.4) is 0 Å². The standard InChI is InChI=1S/C8H17N/c1-7-4-2-3-5-8(7)6-9/h7-8H,2-6,9H2,1H3/t7-,8-/m1/s1. The van der Waals surface area contributed by atoms with Gasteiger partial charge in [0, 0.05) is 0 Å². The Bertz CT molecular complexity index is 80.6. The molecule has 1 heteroatoms. The summed E-state index contributed by atoms with van der Waals surface area (Å²) in [6.07, 6.45) is 5.61. The van der Waals surface area contributed by atoms with Gasteiger partial charge in [0.1, 0.15) is 0 Å². The molecule has 0 aromatic carbocycles. The fourth-order valence-corrected chi connectivity index (χ4v) is 1.74. The quantitative estimate of drug-likeness (QED) is 0.570. The minimum absolute atomic E-state index is 0.832. The van der Waals surface area contributed by atoms with Crippen molar-refractivity contribution in [2.45, 2.75) is 32.6 Å². The smallest absolute Gasteiger partial charge is 0.00463 e. The lowest BCUT2D eigenvalue weighted by atomic mass is 9.81. The van der Waals surface area contributed by atoms with Gasteiger partial charge in [0.15, 0.2) is 0 Å². The van der Waals surface area contributed by atoms with Crippen LogP contribution in [0.2, 0.25) is 0 Å². The molecule has 0 aromatic rings. The van der Waals surface area contributed by atoms with Crippen molar-refractivity contribution in [2.75, 3.05) is 6.54 Å². The summed E-state index contributed by atoms with van der Waals surface area (Å²) in [5.74, 6) is 1.72. The van der Waals surface area contributed by atoms with E-state index in [9.17, 15) is 0 Å². The molecule has 0 radical (unpaired) electrons. The summed E-state index contributed by atoms with van der Waals surface area (Å²) in [4.78, 5) is 0. The highest BCUT2D eigenvalue weighted by Crippen LogP contribution is 2.28. The molecule has 0 saturated heterocycles. The van der Waals surface area contributed by atoms with Gasteiger partial charge >= 0.3 is 0 Å². The molecular formula is C8H17N. The predicted octanol–water partition coefficient (Wildman–Crippen LogP) is 1.77. The molecule has 54 valence electrons. The van der Waals surface area contributed by atoms with Crippen molar-refractivity contribution in [1.29, 1.82) is 0 Å². The van der Waals surface area contributed by atoms with Crippen molar-refractivity contribution in [1.82, 2.24) is 0 Å². The van der Waals surface area contributed by atoms with Crippen LogP contribution in [0.15, 0.2) is 0 Å². The maximum atomic E-state index is 5.59. The van der Waals surface area contributed by atoms with Crippen LogP contribution in [0.5, 0.6) is 0 Å². The number of nitrogens with two attached hydrogens (primary N) is 1. The summed E-state index contributed by atoms with van der Waals surface area (Å²) in [6.45, 7) is 3.23. The van der Waals surface area contributed by atoms with E-state index in [1.54, 1.807) is 0 Å². The van der Waals surface area contributed by atoms with Crippen LogP contribution in [-0.4, -0.2) is 6.54 Å². The van der Waals surface area contributed by atoms with Gasteiger partial charge < -0.3 is 5.73 Å². The molecule has 1 saturated carbocycles. The molecule has 1 aliphatic rings. The molecule has 0 bridgehead atoms. The van der Waals surface area contributed by atoms with Crippen LogP contribution in [0, 0.1) is 11.8 Å². The SMILES string of the molecule is C[C@@H]1CCCC[C@@H]1CN. The van der Waals surface area contributed by atoms with Gasteiger partial charge in [-0.2, -0.15) is 0 Å². The minimum atomic E-state index is 0.832. The highest BCUT2D eigenvalue weighted by atomic mass is 14.6. The van der Waals surface area contributed by atoms with E-state index in [2.05, 4.69) is 6.92 Å². The maximum absolute atomic E-state index is 5.59. The molecule has 9 heavy (non-hydrogen) atoms. The zero-order valence-electron chi connectivity index (χ0n) is 6.27. The van der Waals surface area contributed by atoms with Gasteiger partial charge in [-0.1, -0.05) is 26.2 Å². The van der Waals surface area contributed by atoms with E-state index in [4.69, 9.17) is 5.73 Å². The Morgan fingerprint density at radius 3 is 2.44 bits per heavy atom. The molecule has 0 aromatic heterocycles.